The van der Waals surface area contributed by atoms with E-state index in [2.05, 4.69) is 19.2 Å². The van der Waals surface area contributed by atoms with Gasteiger partial charge in [-0.15, -0.1) is 0 Å². The Bertz CT molecular complexity index is 749. The molecule has 0 aliphatic heterocycles. The van der Waals surface area contributed by atoms with Gasteiger partial charge in [-0.05, 0) is 49.6 Å². The number of carbonyl (C=O) groups excluding carboxylic acids is 2. The van der Waals surface area contributed by atoms with Crippen LogP contribution in [0.5, 0.6) is 0 Å². The summed E-state index contributed by atoms with van der Waals surface area (Å²) in [5.41, 5.74) is 7.07. The lowest BCUT2D eigenvalue weighted by Crippen LogP contribution is -2.45. The fourth-order valence-electron chi connectivity index (χ4n) is 2.91. The molecule has 0 fully saturated rings. The number of nitrogens with zero attached hydrogens (tertiary/aromatic N) is 1. The van der Waals surface area contributed by atoms with Crippen LogP contribution in [0.4, 0.5) is 5.69 Å². The first-order chi connectivity index (χ1) is 12.9. The number of anilines is 1. The van der Waals surface area contributed by atoms with Gasteiger partial charge in [0, 0.05) is 24.3 Å². The molecule has 0 aliphatic carbocycles. The van der Waals surface area contributed by atoms with Crippen molar-refractivity contribution < 1.29 is 9.59 Å². The van der Waals surface area contributed by atoms with E-state index in [-0.39, 0.29) is 11.8 Å². The van der Waals surface area contributed by atoms with Crippen LogP contribution in [-0.4, -0.2) is 29.8 Å². The van der Waals surface area contributed by atoms with Gasteiger partial charge in [0.1, 0.15) is 5.54 Å². The summed E-state index contributed by atoms with van der Waals surface area (Å²) in [6.45, 7) is 7.29. The Kier molecular flexibility index (Phi) is 7.13. The third kappa shape index (κ3) is 5.17. The molecular weight excluding hydrogens is 338 g/mol. The average Bonchev–Trinajstić information content (AvgIpc) is 2.68. The second-order valence-electron chi connectivity index (χ2n) is 6.89. The van der Waals surface area contributed by atoms with E-state index in [1.807, 2.05) is 35.2 Å². The van der Waals surface area contributed by atoms with Crippen LogP contribution in [0.15, 0.2) is 54.6 Å². The molecule has 2 rings (SSSR count). The zero-order chi connectivity index (χ0) is 19.9. The van der Waals surface area contributed by atoms with Crippen molar-refractivity contribution in [3.05, 3.63) is 65.7 Å². The van der Waals surface area contributed by atoms with Crippen LogP contribution in [0.2, 0.25) is 0 Å². The number of hydrogen-bond acceptors (Lipinski definition) is 3. The average molecular weight is 367 g/mol. The Labute approximate surface area is 161 Å². The van der Waals surface area contributed by atoms with Gasteiger partial charge in [0.2, 0.25) is 5.91 Å². The summed E-state index contributed by atoms with van der Waals surface area (Å²) in [7, 11) is 0. The van der Waals surface area contributed by atoms with E-state index < -0.39 is 5.54 Å². The van der Waals surface area contributed by atoms with Gasteiger partial charge in [0.15, 0.2) is 0 Å². The number of hydrogen-bond donors (Lipinski definition) is 2. The summed E-state index contributed by atoms with van der Waals surface area (Å²) >= 11 is 0. The molecule has 1 atom stereocenters. The normalized spacial score (nSPS) is 12.9. The van der Waals surface area contributed by atoms with E-state index in [1.165, 1.54) is 0 Å². The van der Waals surface area contributed by atoms with Crippen LogP contribution in [0, 0.1) is 0 Å². The summed E-state index contributed by atoms with van der Waals surface area (Å²) in [6.07, 6.45) is 1.85. The SMILES string of the molecule is CCCN(CCC)C(=O)c1ccc(NC(=O)C(C)(N)c2ccccc2)cc1. The summed E-state index contributed by atoms with van der Waals surface area (Å²) < 4.78 is 0. The largest absolute Gasteiger partial charge is 0.339 e. The lowest BCUT2D eigenvalue weighted by molar-refractivity contribution is -0.120. The molecule has 2 aromatic rings. The van der Waals surface area contributed by atoms with Crippen molar-refractivity contribution in [1.29, 1.82) is 0 Å². The summed E-state index contributed by atoms with van der Waals surface area (Å²) in [4.78, 5) is 27.1. The molecule has 3 N–H and O–H groups in total. The lowest BCUT2D eigenvalue weighted by atomic mass is 9.92. The molecule has 2 amide bonds. The second kappa shape index (κ2) is 9.33. The molecule has 0 aromatic heterocycles. The number of rotatable bonds is 8. The van der Waals surface area contributed by atoms with E-state index in [9.17, 15) is 9.59 Å². The molecule has 1 unspecified atom stereocenters. The van der Waals surface area contributed by atoms with Crippen molar-refractivity contribution in [3.63, 3.8) is 0 Å². The predicted molar refractivity (Wildman–Crippen MR) is 110 cm³/mol. The first-order valence-electron chi connectivity index (χ1n) is 9.45. The maximum Gasteiger partial charge on any atom is 0.253 e. The number of nitrogens with one attached hydrogen (secondary N) is 1. The smallest absolute Gasteiger partial charge is 0.253 e. The zero-order valence-corrected chi connectivity index (χ0v) is 16.4. The van der Waals surface area contributed by atoms with Gasteiger partial charge < -0.3 is 16.0 Å². The fourth-order valence-corrected chi connectivity index (χ4v) is 2.91. The Morgan fingerprint density at radius 1 is 0.963 bits per heavy atom. The molecule has 0 bridgehead atoms. The molecule has 5 nitrogen and oxygen atoms in total. The Hall–Kier alpha value is -2.66. The third-order valence-electron chi connectivity index (χ3n) is 4.51. The zero-order valence-electron chi connectivity index (χ0n) is 16.4. The van der Waals surface area contributed by atoms with Crippen molar-refractivity contribution in [2.75, 3.05) is 18.4 Å². The third-order valence-corrected chi connectivity index (χ3v) is 4.51. The van der Waals surface area contributed by atoms with Crippen LogP contribution in [-0.2, 0) is 10.3 Å². The lowest BCUT2D eigenvalue weighted by Gasteiger charge is -2.24. The van der Waals surface area contributed by atoms with E-state index in [0.717, 1.165) is 31.5 Å². The van der Waals surface area contributed by atoms with E-state index in [1.54, 1.807) is 31.2 Å². The molecule has 27 heavy (non-hydrogen) atoms. The highest BCUT2D eigenvalue weighted by atomic mass is 16.2. The van der Waals surface area contributed by atoms with E-state index in [0.29, 0.717) is 11.3 Å². The van der Waals surface area contributed by atoms with Crippen molar-refractivity contribution >= 4 is 17.5 Å². The van der Waals surface area contributed by atoms with Gasteiger partial charge >= 0.3 is 0 Å². The van der Waals surface area contributed by atoms with Crippen molar-refractivity contribution in [2.45, 2.75) is 39.2 Å². The number of carbonyl (C=O) groups is 2. The highest BCUT2D eigenvalue weighted by Gasteiger charge is 2.30. The molecule has 0 aliphatic rings. The molecule has 0 saturated carbocycles. The maximum absolute atomic E-state index is 12.6. The van der Waals surface area contributed by atoms with Crippen molar-refractivity contribution in [1.82, 2.24) is 4.90 Å². The minimum Gasteiger partial charge on any atom is -0.339 e. The van der Waals surface area contributed by atoms with E-state index >= 15 is 0 Å². The first-order valence-corrected chi connectivity index (χ1v) is 9.45. The summed E-state index contributed by atoms with van der Waals surface area (Å²) in [5.74, 6) is -0.282. The first kappa shape index (κ1) is 20.6. The minimum atomic E-state index is -1.14. The number of amides is 2. The Morgan fingerprint density at radius 2 is 1.52 bits per heavy atom. The van der Waals surface area contributed by atoms with Crippen LogP contribution < -0.4 is 11.1 Å². The van der Waals surface area contributed by atoms with Crippen molar-refractivity contribution in [3.8, 4) is 0 Å². The molecule has 0 radical (unpaired) electrons. The fraction of sp³-hybridized carbons (Fsp3) is 0.364. The number of benzene rings is 2. The summed E-state index contributed by atoms with van der Waals surface area (Å²) in [6, 6.07) is 16.2. The molecule has 0 spiro atoms. The van der Waals surface area contributed by atoms with Gasteiger partial charge in [-0.25, -0.2) is 0 Å². The van der Waals surface area contributed by atoms with Crippen LogP contribution in [0.3, 0.4) is 0 Å². The highest BCUT2D eigenvalue weighted by Crippen LogP contribution is 2.20. The quantitative estimate of drug-likeness (QED) is 0.746. The van der Waals surface area contributed by atoms with Crippen molar-refractivity contribution in [2.24, 2.45) is 5.73 Å². The van der Waals surface area contributed by atoms with Gasteiger partial charge in [0.25, 0.3) is 5.91 Å². The Balaban J connectivity index is 2.09. The molecule has 0 saturated heterocycles. The van der Waals surface area contributed by atoms with Gasteiger partial charge in [-0.2, -0.15) is 0 Å². The summed E-state index contributed by atoms with van der Waals surface area (Å²) in [5, 5.41) is 2.84. The number of nitrogens with two attached hydrogens (primary N) is 1. The van der Waals surface area contributed by atoms with Crippen LogP contribution in [0.25, 0.3) is 0 Å². The molecule has 0 heterocycles. The van der Waals surface area contributed by atoms with Gasteiger partial charge in [0.05, 0.1) is 0 Å². The van der Waals surface area contributed by atoms with Gasteiger partial charge in [-0.1, -0.05) is 44.2 Å². The second-order valence-corrected chi connectivity index (χ2v) is 6.89. The van der Waals surface area contributed by atoms with E-state index in [4.69, 9.17) is 5.73 Å². The maximum atomic E-state index is 12.6. The molecule has 2 aromatic carbocycles. The molecule has 144 valence electrons. The standard InChI is InChI=1S/C22H29N3O2/c1-4-15-25(16-5-2)20(26)17-11-13-19(14-12-17)24-21(27)22(3,23)18-9-7-6-8-10-18/h6-14H,4-5,15-16,23H2,1-3H3,(H,24,27). The Morgan fingerprint density at radius 3 is 2.04 bits per heavy atom. The molecule has 5 heteroatoms. The minimum absolute atomic E-state index is 0.0181. The topological polar surface area (TPSA) is 75.4 Å². The monoisotopic (exact) mass is 367 g/mol. The molecular formula is C22H29N3O2. The van der Waals surface area contributed by atoms with Crippen LogP contribution >= 0.6 is 0 Å². The van der Waals surface area contributed by atoms with Crippen LogP contribution in [0.1, 0.15) is 49.5 Å². The highest BCUT2D eigenvalue weighted by molar-refractivity contribution is 5.99. The predicted octanol–water partition coefficient (Wildman–Crippen LogP) is 3.76. The van der Waals surface area contributed by atoms with Gasteiger partial charge in [-0.3, -0.25) is 9.59 Å².